The van der Waals surface area contributed by atoms with Gasteiger partial charge in [0, 0.05) is 50.7 Å². The van der Waals surface area contributed by atoms with Crippen molar-refractivity contribution in [1.82, 2.24) is 9.80 Å². The van der Waals surface area contributed by atoms with Crippen molar-refractivity contribution >= 4 is 65.0 Å². The Balaban J connectivity index is 0.00000272. The summed E-state index contributed by atoms with van der Waals surface area (Å²) in [4.78, 5) is 20.6. The van der Waals surface area contributed by atoms with Gasteiger partial charge in [-0.15, -0.1) is 24.2 Å². The minimum atomic E-state index is 0. The van der Waals surface area contributed by atoms with Crippen molar-refractivity contribution in [3.8, 4) is 0 Å². The lowest BCUT2D eigenvalue weighted by Crippen LogP contribution is -2.44. The maximum atomic E-state index is 13.2. The van der Waals surface area contributed by atoms with Crippen LogP contribution in [-0.2, 0) is 11.3 Å². The first-order valence-corrected chi connectivity index (χ1v) is 11.9. The third kappa shape index (κ3) is 5.91. The fourth-order valence-corrected chi connectivity index (χ4v) is 5.10. The number of benzene rings is 2. The second-order valence-electron chi connectivity index (χ2n) is 7.68. The molecule has 0 bridgehead atoms. The van der Waals surface area contributed by atoms with Crippen molar-refractivity contribution in [3.63, 3.8) is 0 Å². The molecule has 2 fully saturated rings. The zero-order valence-electron chi connectivity index (χ0n) is 17.4. The van der Waals surface area contributed by atoms with Crippen molar-refractivity contribution < 1.29 is 4.79 Å². The molecule has 0 aliphatic carbocycles. The Morgan fingerprint density at radius 2 is 1.74 bits per heavy atom. The van der Waals surface area contributed by atoms with Crippen LogP contribution >= 0.6 is 47.4 Å². The van der Waals surface area contributed by atoms with E-state index >= 15 is 0 Å². The van der Waals surface area contributed by atoms with Gasteiger partial charge in [-0.3, -0.25) is 4.79 Å². The number of hydrogen-bond donors (Lipinski definition) is 0. The number of thioether (sulfide) groups is 1. The van der Waals surface area contributed by atoms with Crippen LogP contribution in [0.15, 0.2) is 47.4 Å². The van der Waals surface area contributed by atoms with Crippen LogP contribution in [0.5, 0.6) is 0 Å². The van der Waals surface area contributed by atoms with E-state index < -0.39 is 0 Å². The molecule has 2 heterocycles. The zero-order chi connectivity index (χ0) is 21.1. The zero-order valence-corrected chi connectivity index (χ0v) is 20.5. The number of para-hydroxylation sites is 1. The summed E-state index contributed by atoms with van der Waals surface area (Å²) in [6.45, 7) is 5.36. The normalized spacial score (nSPS) is 18.9. The molecule has 0 atom stereocenters. The number of nitrogens with zero attached hydrogens (tertiary/aromatic N) is 3. The third-order valence-electron chi connectivity index (χ3n) is 5.54. The number of rotatable bonds is 4. The minimum absolute atomic E-state index is 0. The Morgan fingerprint density at radius 3 is 2.48 bits per heavy atom. The predicted molar refractivity (Wildman–Crippen MR) is 136 cm³/mol. The van der Waals surface area contributed by atoms with E-state index in [0.717, 1.165) is 54.5 Å². The standard InChI is InChI=1S/C23H25Cl2N3OS.ClH/c1-26-8-10-27(11-9-26)21-5-3-2-4-18(21)15-22-23(29)28(12-13-30-22)16-17-6-7-19(24)20(25)14-17;/h2-7,14-15H,8-13,16H2,1H3;1H/b22-15-;. The van der Waals surface area contributed by atoms with Gasteiger partial charge in [-0.1, -0.05) is 47.5 Å². The summed E-state index contributed by atoms with van der Waals surface area (Å²) >= 11 is 13.8. The first kappa shape index (κ1) is 24.3. The molecule has 0 spiro atoms. The largest absolute Gasteiger partial charge is 0.368 e. The van der Waals surface area contributed by atoms with Gasteiger partial charge in [-0.2, -0.15) is 0 Å². The number of amides is 1. The molecule has 31 heavy (non-hydrogen) atoms. The molecule has 0 aromatic heterocycles. The maximum absolute atomic E-state index is 13.2. The van der Waals surface area contributed by atoms with Gasteiger partial charge in [0.25, 0.3) is 5.91 Å². The van der Waals surface area contributed by atoms with Gasteiger partial charge < -0.3 is 14.7 Å². The van der Waals surface area contributed by atoms with Gasteiger partial charge in [0.15, 0.2) is 0 Å². The lowest BCUT2D eigenvalue weighted by Gasteiger charge is -2.35. The second kappa shape index (κ2) is 11.0. The van der Waals surface area contributed by atoms with Gasteiger partial charge in [0.2, 0.25) is 0 Å². The van der Waals surface area contributed by atoms with Crippen molar-refractivity contribution in [2.24, 2.45) is 0 Å². The summed E-state index contributed by atoms with van der Waals surface area (Å²) in [6, 6.07) is 13.9. The van der Waals surface area contributed by atoms with Crippen LogP contribution < -0.4 is 4.90 Å². The molecule has 1 amide bonds. The quantitative estimate of drug-likeness (QED) is 0.536. The van der Waals surface area contributed by atoms with Crippen LogP contribution in [0, 0.1) is 0 Å². The lowest BCUT2D eigenvalue weighted by atomic mass is 10.1. The molecule has 0 saturated carbocycles. The minimum Gasteiger partial charge on any atom is -0.368 e. The van der Waals surface area contributed by atoms with Gasteiger partial charge in [0.05, 0.1) is 15.0 Å². The first-order chi connectivity index (χ1) is 14.5. The Kier molecular flexibility index (Phi) is 8.59. The smallest absolute Gasteiger partial charge is 0.260 e. The van der Waals surface area contributed by atoms with Crippen LogP contribution in [0.25, 0.3) is 6.08 Å². The molecule has 4 nitrogen and oxygen atoms in total. The van der Waals surface area contributed by atoms with Crippen molar-refractivity contribution in [2.75, 3.05) is 50.4 Å². The molecule has 2 aliphatic rings. The Bertz CT molecular complexity index is 961. The molecule has 4 rings (SSSR count). The number of likely N-dealkylation sites (N-methyl/N-ethyl adjacent to an activating group) is 1. The lowest BCUT2D eigenvalue weighted by molar-refractivity contribution is -0.126. The summed E-state index contributed by atoms with van der Waals surface area (Å²) < 4.78 is 0. The van der Waals surface area contributed by atoms with E-state index in [1.54, 1.807) is 17.8 Å². The van der Waals surface area contributed by atoms with E-state index in [2.05, 4.69) is 41.1 Å². The van der Waals surface area contributed by atoms with Crippen molar-refractivity contribution in [2.45, 2.75) is 6.54 Å². The predicted octanol–water partition coefficient (Wildman–Crippen LogP) is 5.28. The molecule has 2 aliphatic heterocycles. The average molecular weight is 499 g/mol. The highest BCUT2D eigenvalue weighted by Gasteiger charge is 2.25. The van der Waals surface area contributed by atoms with Gasteiger partial charge in [-0.05, 0) is 42.4 Å². The molecule has 0 N–H and O–H groups in total. The van der Waals surface area contributed by atoms with Crippen LogP contribution in [0.3, 0.4) is 0 Å². The van der Waals surface area contributed by atoms with Crippen LogP contribution in [-0.4, -0.2) is 61.2 Å². The van der Waals surface area contributed by atoms with E-state index in [1.165, 1.54) is 5.69 Å². The molecule has 8 heteroatoms. The summed E-state index contributed by atoms with van der Waals surface area (Å²) in [5.41, 5.74) is 3.30. The highest BCUT2D eigenvalue weighted by Crippen LogP contribution is 2.31. The van der Waals surface area contributed by atoms with E-state index in [0.29, 0.717) is 16.6 Å². The van der Waals surface area contributed by atoms with E-state index in [-0.39, 0.29) is 18.3 Å². The fraction of sp³-hybridized carbons (Fsp3) is 0.348. The molecule has 166 valence electrons. The van der Waals surface area contributed by atoms with Gasteiger partial charge >= 0.3 is 0 Å². The van der Waals surface area contributed by atoms with Crippen LogP contribution in [0.4, 0.5) is 5.69 Å². The number of anilines is 1. The van der Waals surface area contributed by atoms with E-state index in [1.807, 2.05) is 23.1 Å². The Hall–Kier alpha value is -1.37. The van der Waals surface area contributed by atoms with Crippen LogP contribution in [0.2, 0.25) is 10.0 Å². The van der Waals surface area contributed by atoms with Gasteiger partial charge in [-0.25, -0.2) is 0 Å². The highest BCUT2D eigenvalue weighted by molar-refractivity contribution is 8.04. The highest BCUT2D eigenvalue weighted by atomic mass is 35.5. The summed E-state index contributed by atoms with van der Waals surface area (Å²) in [7, 11) is 2.16. The molecular weight excluding hydrogens is 473 g/mol. The van der Waals surface area contributed by atoms with Gasteiger partial charge in [0.1, 0.15) is 0 Å². The number of hydrogen-bond acceptors (Lipinski definition) is 4. The molecule has 2 aromatic carbocycles. The monoisotopic (exact) mass is 497 g/mol. The van der Waals surface area contributed by atoms with E-state index in [4.69, 9.17) is 23.2 Å². The topological polar surface area (TPSA) is 26.8 Å². The number of carbonyl (C=O) groups is 1. The molecule has 0 radical (unpaired) electrons. The maximum Gasteiger partial charge on any atom is 0.260 e. The fourth-order valence-electron chi connectivity index (χ4n) is 3.78. The van der Waals surface area contributed by atoms with Crippen LogP contribution in [0.1, 0.15) is 11.1 Å². The molecule has 2 saturated heterocycles. The molecule has 2 aromatic rings. The first-order valence-electron chi connectivity index (χ1n) is 10.1. The van der Waals surface area contributed by atoms with Crippen molar-refractivity contribution in [1.29, 1.82) is 0 Å². The Labute approximate surface area is 204 Å². The molecular formula is C23H26Cl3N3OS. The number of halogens is 3. The summed E-state index contributed by atoms with van der Waals surface area (Å²) in [5.74, 6) is 0.959. The Morgan fingerprint density at radius 1 is 1.00 bits per heavy atom. The molecule has 0 unspecified atom stereocenters. The second-order valence-corrected chi connectivity index (χ2v) is 9.63. The van der Waals surface area contributed by atoms with E-state index in [9.17, 15) is 4.79 Å². The number of piperazine rings is 1. The number of carbonyl (C=O) groups excluding carboxylic acids is 1. The average Bonchev–Trinajstić information content (AvgIpc) is 2.75. The summed E-state index contributed by atoms with van der Waals surface area (Å²) in [5, 5.41) is 1.05. The SMILES string of the molecule is CN1CCN(c2ccccc2/C=C2\SCCN(Cc3ccc(Cl)c(Cl)c3)C2=O)CC1.Cl. The van der Waals surface area contributed by atoms with Crippen molar-refractivity contribution in [3.05, 3.63) is 68.5 Å². The summed E-state index contributed by atoms with van der Waals surface area (Å²) in [6.07, 6.45) is 2.06. The third-order valence-corrected chi connectivity index (χ3v) is 7.27.